The number of carbonyl (C=O) groups excluding carboxylic acids is 3. The van der Waals surface area contributed by atoms with Crippen molar-refractivity contribution < 1.29 is 19.1 Å². The van der Waals surface area contributed by atoms with Gasteiger partial charge >= 0.3 is 0 Å². The molecule has 0 saturated carbocycles. The standard InChI is InChI=1S/C24H26N2O4/c1-18-9-6-7-12-20(18)23(28)26(17-27)22-14-8-13-21(19-10-4-3-5-11-19)25(24(22)29)15-16-30-2/h3-13,17,21-22H,14-16H2,1-2H3/t21-,22?/m0/s1. The summed E-state index contributed by atoms with van der Waals surface area (Å²) >= 11 is 0. The van der Waals surface area contributed by atoms with Crippen molar-refractivity contribution in [2.45, 2.75) is 25.4 Å². The maximum absolute atomic E-state index is 13.5. The fourth-order valence-corrected chi connectivity index (χ4v) is 3.70. The van der Waals surface area contributed by atoms with Crippen molar-refractivity contribution >= 4 is 18.2 Å². The number of aryl methyl sites for hydroxylation is 1. The van der Waals surface area contributed by atoms with Crippen molar-refractivity contribution in [2.24, 2.45) is 0 Å². The minimum Gasteiger partial charge on any atom is -0.383 e. The number of carbonyl (C=O) groups is 3. The second kappa shape index (κ2) is 9.98. The number of hydrogen-bond donors (Lipinski definition) is 0. The van der Waals surface area contributed by atoms with E-state index in [1.807, 2.05) is 48.6 Å². The van der Waals surface area contributed by atoms with Gasteiger partial charge in [0.1, 0.15) is 6.04 Å². The second-order valence-electron chi connectivity index (χ2n) is 7.19. The lowest BCUT2D eigenvalue weighted by molar-refractivity contribution is -0.140. The van der Waals surface area contributed by atoms with Crippen LogP contribution >= 0.6 is 0 Å². The average molecular weight is 406 g/mol. The lowest BCUT2D eigenvalue weighted by atomic mass is 10.0. The van der Waals surface area contributed by atoms with Crippen molar-refractivity contribution in [1.29, 1.82) is 0 Å². The lowest BCUT2D eigenvalue weighted by Crippen LogP contribution is -2.51. The molecular weight excluding hydrogens is 380 g/mol. The van der Waals surface area contributed by atoms with Crippen LogP contribution in [-0.4, -0.2) is 54.3 Å². The second-order valence-corrected chi connectivity index (χ2v) is 7.19. The summed E-state index contributed by atoms with van der Waals surface area (Å²) in [5.74, 6) is -0.750. The van der Waals surface area contributed by atoms with Crippen molar-refractivity contribution in [3.05, 3.63) is 83.4 Å². The molecular formula is C24H26N2O4. The Morgan fingerprint density at radius 2 is 1.87 bits per heavy atom. The summed E-state index contributed by atoms with van der Waals surface area (Å²) in [6.45, 7) is 2.50. The van der Waals surface area contributed by atoms with E-state index in [2.05, 4.69) is 0 Å². The fraction of sp³-hybridized carbons (Fsp3) is 0.292. The molecule has 2 aromatic carbocycles. The first kappa shape index (κ1) is 21.5. The summed E-state index contributed by atoms with van der Waals surface area (Å²) in [5, 5.41) is 0. The summed E-state index contributed by atoms with van der Waals surface area (Å²) in [4.78, 5) is 41.3. The average Bonchev–Trinajstić information content (AvgIpc) is 2.93. The van der Waals surface area contributed by atoms with Crippen LogP contribution in [0.5, 0.6) is 0 Å². The Kier molecular flexibility index (Phi) is 7.14. The van der Waals surface area contributed by atoms with Gasteiger partial charge in [0, 0.05) is 19.2 Å². The Balaban J connectivity index is 1.94. The van der Waals surface area contributed by atoms with Crippen LogP contribution in [0.25, 0.3) is 0 Å². The normalized spacial score (nSPS) is 18.7. The summed E-state index contributed by atoms with van der Waals surface area (Å²) in [7, 11) is 1.58. The highest BCUT2D eigenvalue weighted by molar-refractivity contribution is 6.04. The van der Waals surface area contributed by atoms with Crippen LogP contribution < -0.4 is 0 Å². The third-order valence-electron chi connectivity index (χ3n) is 5.32. The van der Waals surface area contributed by atoms with Gasteiger partial charge in [-0.2, -0.15) is 0 Å². The first-order valence-corrected chi connectivity index (χ1v) is 9.93. The number of methoxy groups -OCH3 is 1. The van der Waals surface area contributed by atoms with Gasteiger partial charge in [0.25, 0.3) is 5.91 Å². The Morgan fingerprint density at radius 1 is 1.17 bits per heavy atom. The number of hydrogen-bond acceptors (Lipinski definition) is 4. The molecule has 2 aromatic rings. The van der Waals surface area contributed by atoms with Crippen molar-refractivity contribution in [3.8, 4) is 0 Å². The molecule has 156 valence electrons. The summed E-state index contributed by atoms with van der Waals surface area (Å²) in [6, 6.07) is 15.5. The highest BCUT2D eigenvalue weighted by Crippen LogP contribution is 2.28. The topological polar surface area (TPSA) is 66.9 Å². The SMILES string of the molecule is COCCN1C(=O)C(N(C=O)C(=O)c2ccccc2C)CC=C[C@H]1c1ccccc1. The minimum atomic E-state index is -0.906. The fourth-order valence-electron chi connectivity index (χ4n) is 3.70. The van der Waals surface area contributed by atoms with Gasteiger partial charge in [-0.15, -0.1) is 0 Å². The lowest BCUT2D eigenvalue weighted by Gasteiger charge is -2.33. The first-order valence-electron chi connectivity index (χ1n) is 9.93. The van der Waals surface area contributed by atoms with Gasteiger partial charge in [-0.05, 0) is 30.5 Å². The molecule has 0 saturated heterocycles. The molecule has 0 fully saturated rings. The van der Waals surface area contributed by atoms with Gasteiger partial charge < -0.3 is 9.64 Å². The third kappa shape index (κ3) is 4.49. The van der Waals surface area contributed by atoms with Crippen LogP contribution in [0.4, 0.5) is 0 Å². The smallest absolute Gasteiger partial charge is 0.261 e. The molecule has 30 heavy (non-hydrogen) atoms. The quantitative estimate of drug-likeness (QED) is 0.523. The number of nitrogens with zero attached hydrogens (tertiary/aromatic N) is 2. The van der Waals surface area contributed by atoms with Gasteiger partial charge in [-0.3, -0.25) is 19.3 Å². The molecule has 1 unspecified atom stereocenters. The van der Waals surface area contributed by atoms with E-state index in [9.17, 15) is 14.4 Å². The zero-order chi connectivity index (χ0) is 21.5. The molecule has 6 nitrogen and oxygen atoms in total. The summed E-state index contributed by atoms with van der Waals surface area (Å²) in [6.07, 6.45) is 4.54. The van der Waals surface area contributed by atoms with E-state index in [1.54, 1.807) is 37.1 Å². The maximum Gasteiger partial charge on any atom is 0.261 e. The molecule has 6 heteroatoms. The van der Waals surface area contributed by atoms with Crippen LogP contribution in [0.1, 0.15) is 33.9 Å². The molecule has 1 aliphatic rings. The largest absolute Gasteiger partial charge is 0.383 e. The number of imide groups is 1. The van der Waals surface area contributed by atoms with Gasteiger partial charge in [0.2, 0.25) is 12.3 Å². The molecule has 0 radical (unpaired) electrons. The van der Waals surface area contributed by atoms with Crippen molar-refractivity contribution in [3.63, 3.8) is 0 Å². The van der Waals surface area contributed by atoms with Gasteiger partial charge in [0.05, 0.1) is 12.6 Å². The molecule has 0 aliphatic carbocycles. The van der Waals surface area contributed by atoms with Crippen LogP contribution in [0.2, 0.25) is 0 Å². The number of rotatable bonds is 7. The van der Waals surface area contributed by atoms with Gasteiger partial charge in [-0.25, -0.2) is 0 Å². The highest BCUT2D eigenvalue weighted by Gasteiger charge is 2.37. The Morgan fingerprint density at radius 3 is 2.53 bits per heavy atom. The monoisotopic (exact) mass is 406 g/mol. The maximum atomic E-state index is 13.5. The minimum absolute atomic E-state index is 0.266. The van der Waals surface area contributed by atoms with Gasteiger partial charge in [-0.1, -0.05) is 60.7 Å². The Labute approximate surface area is 176 Å². The zero-order valence-corrected chi connectivity index (χ0v) is 17.2. The molecule has 0 spiro atoms. The van der Waals surface area contributed by atoms with E-state index in [1.165, 1.54) is 0 Å². The predicted octanol–water partition coefficient (Wildman–Crippen LogP) is 3.14. The number of ether oxygens (including phenoxy) is 1. The highest BCUT2D eigenvalue weighted by atomic mass is 16.5. The molecule has 2 atom stereocenters. The Bertz CT molecular complexity index is 926. The predicted molar refractivity (Wildman–Crippen MR) is 114 cm³/mol. The number of amides is 3. The molecule has 3 rings (SSSR count). The molecule has 0 bridgehead atoms. The van der Waals surface area contributed by atoms with Gasteiger partial charge in [0.15, 0.2) is 0 Å². The van der Waals surface area contributed by atoms with Crippen LogP contribution in [0.3, 0.4) is 0 Å². The Hall–Kier alpha value is -3.25. The molecule has 0 aromatic heterocycles. The van der Waals surface area contributed by atoms with Crippen molar-refractivity contribution in [2.75, 3.05) is 20.3 Å². The van der Waals surface area contributed by atoms with Crippen molar-refractivity contribution in [1.82, 2.24) is 9.80 Å². The van der Waals surface area contributed by atoms with E-state index in [-0.39, 0.29) is 18.4 Å². The van der Waals surface area contributed by atoms with E-state index >= 15 is 0 Å². The third-order valence-corrected chi connectivity index (χ3v) is 5.32. The van der Waals surface area contributed by atoms with E-state index in [0.717, 1.165) is 16.0 Å². The summed E-state index contributed by atoms with van der Waals surface area (Å²) < 4.78 is 5.20. The van der Waals surface area contributed by atoms with Crippen LogP contribution in [0, 0.1) is 6.92 Å². The van der Waals surface area contributed by atoms with Crippen LogP contribution in [-0.2, 0) is 14.3 Å². The molecule has 3 amide bonds. The summed E-state index contributed by atoms with van der Waals surface area (Å²) in [5.41, 5.74) is 2.12. The first-order chi connectivity index (χ1) is 14.6. The van der Waals surface area contributed by atoms with E-state index in [4.69, 9.17) is 4.74 Å². The van der Waals surface area contributed by atoms with E-state index < -0.39 is 11.9 Å². The van der Waals surface area contributed by atoms with E-state index in [0.29, 0.717) is 25.1 Å². The molecule has 0 N–H and O–H groups in total. The van der Waals surface area contributed by atoms with Crippen LogP contribution in [0.15, 0.2) is 66.7 Å². The molecule has 1 aliphatic heterocycles. The zero-order valence-electron chi connectivity index (χ0n) is 17.2. The number of benzene rings is 2. The molecule has 1 heterocycles.